The van der Waals surface area contributed by atoms with E-state index in [0.717, 1.165) is 24.2 Å². The summed E-state index contributed by atoms with van der Waals surface area (Å²) in [4.78, 5) is 8.76. The Hall–Kier alpha value is -1.75. The molecule has 1 aliphatic rings. The van der Waals surface area contributed by atoms with Crippen LogP contribution >= 0.6 is 0 Å². The van der Waals surface area contributed by atoms with Gasteiger partial charge >= 0.3 is 0 Å². The standard InChI is InChI=1S/C13H16N4O/c1-9-5-4-8-15-11(9)12-16-13(18-17-12)10-6-2-3-7-14-10/h4-5,8,10,14H,2-3,6-7H2,1H3/t10-/m0/s1. The number of pyridine rings is 1. The summed E-state index contributed by atoms with van der Waals surface area (Å²) in [5.41, 5.74) is 1.85. The molecule has 5 nitrogen and oxygen atoms in total. The maximum atomic E-state index is 5.35. The molecule has 1 fully saturated rings. The van der Waals surface area contributed by atoms with Gasteiger partial charge in [-0.1, -0.05) is 17.6 Å². The predicted octanol–water partition coefficient (Wildman–Crippen LogP) is 2.25. The lowest BCUT2D eigenvalue weighted by atomic mass is 10.1. The van der Waals surface area contributed by atoms with Gasteiger partial charge in [0.2, 0.25) is 11.7 Å². The summed E-state index contributed by atoms with van der Waals surface area (Å²) >= 11 is 0. The third-order valence-electron chi connectivity index (χ3n) is 3.27. The second kappa shape index (κ2) is 4.86. The van der Waals surface area contributed by atoms with Gasteiger partial charge in [0.25, 0.3) is 0 Å². The molecule has 0 bridgehead atoms. The summed E-state index contributed by atoms with van der Waals surface area (Å²) < 4.78 is 5.35. The highest BCUT2D eigenvalue weighted by Gasteiger charge is 2.21. The zero-order chi connectivity index (χ0) is 12.4. The molecule has 2 aromatic rings. The largest absolute Gasteiger partial charge is 0.337 e. The summed E-state index contributed by atoms with van der Waals surface area (Å²) in [5, 5.41) is 7.43. The monoisotopic (exact) mass is 244 g/mol. The van der Waals surface area contributed by atoms with Gasteiger partial charge in [0, 0.05) is 6.20 Å². The molecule has 5 heteroatoms. The molecule has 1 saturated heterocycles. The van der Waals surface area contributed by atoms with E-state index in [1.54, 1.807) is 6.20 Å². The average Bonchev–Trinajstić information content (AvgIpc) is 2.90. The Labute approximate surface area is 106 Å². The van der Waals surface area contributed by atoms with Gasteiger partial charge in [0.15, 0.2) is 0 Å². The van der Waals surface area contributed by atoms with Crippen LogP contribution in [0.5, 0.6) is 0 Å². The number of aromatic nitrogens is 3. The van der Waals surface area contributed by atoms with Crippen LogP contribution in [-0.4, -0.2) is 21.7 Å². The van der Waals surface area contributed by atoms with Gasteiger partial charge in [0.05, 0.1) is 6.04 Å². The van der Waals surface area contributed by atoms with Crippen molar-refractivity contribution < 1.29 is 4.52 Å². The van der Waals surface area contributed by atoms with Gasteiger partial charge in [-0.25, -0.2) is 0 Å². The maximum Gasteiger partial charge on any atom is 0.244 e. The SMILES string of the molecule is Cc1cccnc1-c1noc([C@@H]2CCCCN2)n1. The van der Waals surface area contributed by atoms with E-state index in [1.807, 2.05) is 19.1 Å². The molecular formula is C13H16N4O. The van der Waals surface area contributed by atoms with Gasteiger partial charge in [0.1, 0.15) is 5.69 Å². The zero-order valence-electron chi connectivity index (χ0n) is 10.4. The minimum Gasteiger partial charge on any atom is -0.337 e. The number of hydrogen-bond donors (Lipinski definition) is 1. The Bertz CT molecular complexity index is 531. The molecule has 2 aromatic heterocycles. The minimum atomic E-state index is 0.198. The second-order valence-corrected chi connectivity index (χ2v) is 4.63. The number of piperidine rings is 1. The molecule has 18 heavy (non-hydrogen) atoms. The van der Waals surface area contributed by atoms with Gasteiger partial charge in [-0.3, -0.25) is 4.98 Å². The van der Waals surface area contributed by atoms with Crippen LogP contribution in [0.25, 0.3) is 11.5 Å². The molecule has 0 radical (unpaired) electrons. The van der Waals surface area contributed by atoms with Gasteiger partial charge in [-0.05, 0) is 37.9 Å². The van der Waals surface area contributed by atoms with E-state index in [4.69, 9.17) is 4.52 Å². The van der Waals surface area contributed by atoms with Crippen LogP contribution in [0.15, 0.2) is 22.9 Å². The predicted molar refractivity (Wildman–Crippen MR) is 66.9 cm³/mol. The number of nitrogens with zero attached hydrogens (tertiary/aromatic N) is 3. The van der Waals surface area contributed by atoms with Crippen molar-refractivity contribution >= 4 is 0 Å². The highest BCUT2D eigenvalue weighted by Crippen LogP contribution is 2.24. The molecule has 94 valence electrons. The Kier molecular flexibility index (Phi) is 3.06. The number of hydrogen-bond acceptors (Lipinski definition) is 5. The van der Waals surface area contributed by atoms with Crippen LogP contribution in [0.3, 0.4) is 0 Å². The summed E-state index contributed by atoms with van der Waals surface area (Å²) in [5.74, 6) is 1.25. The molecule has 1 aliphatic heterocycles. The topological polar surface area (TPSA) is 63.8 Å². The average molecular weight is 244 g/mol. The Balaban J connectivity index is 1.87. The minimum absolute atomic E-state index is 0.198. The summed E-state index contributed by atoms with van der Waals surface area (Å²) in [6.45, 7) is 3.02. The molecule has 1 atom stereocenters. The Morgan fingerprint density at radius 2 is 2.33 bits per heavy atom. The van der Waals surface area contributed by atoms with Gasteiger partial charge < -0.3 is 9.84 Å². The molecule has 0 spiro atoms. The molecule has 0 saturated carbocycles. The third-order valence-corrected chi connectivity index (χ3v) is 3.27. The molecule has 3 rings (SSSR count). The first-order valence-corrected chi connectivity index (χ1v) is 6.33. The summed E-state index contributed by atoms with van der Waals surface area (Å²) in [6.07, 6.45) is 5.23. The fourth-order valence-corrected chi connectivity index (χ4v) is 2.26. The fourth-order valence-electron chi connectivity index (χ4n) is 2.26. The zero-order valence-corrected chi connectivity index (χ0v) is 10.4. The maximum absolute atomic E-state index is 5.35. The van der Waals surface area contributed by atoms with E-state index >= 15 is 0 Å². The van der Waals surface area contributed by atoms with Crippen molar-refractivity contribution in [2.24, 2.45) is 0 Å². The highest BCUT2D eigenvalue weighted by molar-refractivity contribution is 5.53. The first kappa shape index (κ1) is 11.3. The summed E-state index contributed by atoms with van der Waals surface area (Å²) in [7, 11) is 0. The van der Waals surface area contributed by atoms with Crippen molar-refractivity contribution in [2.45, 2.75) is 32.2 Å². The third kappa shape index (κ3) is 2.13. The van der Waals surface area contributed by atoms with Crippen molar-refractivity contribution in [2.75, 3.05) is 6.54 Å². The van der Waals surface area contributed by atoms with Crippen LogP contribution in [-0.2, 0) is 0 Å². The molecule has 0 unspecified atom stereocenters. The highest BCUT2D eigenvalue weighted by atomic mass is 16.5. The van der Waals surface area contributed by atoms with Crippen molar-refractivity contribution in [3.05, 3.63) is 29.8 Å². The number of rotatable bonds is 2. The van der Waals surface area contributed by atoms with Crippen LogP contribution in [0.4, 0.5) is 0 Å². The van der Waals surface area contributed by atoms with Crippen molar-refractivity contribution in [1.29, 1.82) is 0 Å². The fraction of sp³-hybridized carbons (Fsp3) is 0.462. The molecule has 0 aromatic carbocycles. The lowest BCUT2D eigenvalue weighted by Crippen LogP contribution is -2.26. The van der Waals surface area contributed by atoms with E-state index in [2.05, 4.69) is 20.4 Å². The van der Waals surface area contributed by atoms with Crippen LogP contribution in [0.1, 0.15) is 36.8 Å². The van der Waals surface area contributed by atoms with E-state index in [1.165, 1.54) is 12.8 Å². The van der Waals surface area contributed by atoms with E-state index < -0.39 is 0 Å². The quantitative estimate of drug-likeness (QED) is 0.877. The molecule has 0 aliphatic carbocycles. The molecular weight excluding hydrogens is 228 g/mol. The first-order chi connectivity index (χ1) is 8.84. The van der Waals surface area contributed by atoms with E-state index in [-0.39, 0.29) is 6.04 Å². The Morgan fingerprint density at radius 3 is 3.11 bits per heavy atom. The number of aryl methyl sites for hydroxylation is 1. The van der Waals surface area contributed by atoms with E-state index in [0.29, 0.717) is 11.7 Å². The van der Waals surface area contributed by atoms with Crippen LogP contribution in [0.2, 0.25) is 0 Å². The lowest BCUT2D eigenvalue weighted by molar-refractivity contribution is 0.297. The lowest BCUT2D eigenvalue weighted by Gasteiger charge is -2.19. The van der Waals surface area contributed by atoms with Gasteiger partial charge in [-0.15, -0.1) is 0 Å². The van der Waals surface area contributed by atoms with Gasteiger partial charge in [-0.2, -0.15) is 4.98 Å². The Morgan fingerprint density at radius 1 is 1.39 bits per heavy atom. The smallest absolute Gasteiger partial charge is 0.244 e. The van der Waals surface area contributed by atoms with Crippen LogP contribution < -0.4 is 5.32 Å². The van der Waals surface area contributed by atoms with Crippen molar-refractivity contribution in [3.63, 3.8) is 0 Å². The molecule has 3 heterocycles. The van der Waals surface area contributed by atoms with Crippen molar-refractivity contribution in [1.82, 2.24) is 20.4 Å². The second-order valence-electron chi connectivity index (χ2n) is 4.63. The number of nitrogens with one attached hydrogen (secondary N) is 1. The van der Waals surface area contributed by atoms with Crippen molar-refractivity contribution in [3.8, 4) is 11.5 Å². The summed E-state index contributed by atoms with van der Waals surface area (Å²) in [6, 6.07) is 4.10. The van der Waals surface area contributed by atoms with E-state index in [9.17, 15) is 0 Å². The normalized spacial score (nSPS) is 19.9. The molecule has 1 N–H and O–H groups in total. The van der Waals surface area contributed by atoms with Crippen LogP contribution in [0, 0.1) is 6.92 Å². The molecule has 0 amide bonds. The first-order valence-electron chi connectivity index (χ1n) is 6.33.